The van der Waals surface area contributed by atoms with E-state index in [1.54, 1.807) is 13.0 Å². The summed E-state index contributed by atoms with van der Waals surface area (Å²) in [6, 6.07) is 4.46. The van der Waals surface area contributed by atoms with Crippen LogP contribution in [0.5, 0.6) is 0 Å². The Labute approximate surface area is 125 Å². The van der Waals surface area contributed by atoms with Gasteiger partial charge in [-0.2, -0.15) is 5.10 Å². The summed E-state index contributed by atoms with van der Waals surface area (Å²) in [5.41, 5.74) is 1.42. The first kappa shape index (κ1) is 15.0. The van der Waals surface area contributed by atoms with Crippen LogP contribution in [0.2, 0.25) is 0 Å². The minimum Gasteiger partial charge on any atom is -0.305 e. The minimum absolute atomic E-state index is 0.0203. The highest BCUT2D eigenvalue weighted by Crippen LogP contribution is 2.26. The molecule has 0 aliphatic carbocycles. The maximum Gasteiger partial charge on any atom is 0.282 e. The molecule has 0 atom stereocenters. The predicted molar refractivity (Wildman–Crippen MR) is 80.9 cm³/mol. The van der Waals surface area contributed by atoms with Crippen LogP contribution in [0.25, 0.3) is 0 Å². The van der Waals surface area contributed by atoms with Gasteiger partial charge in [-0.3, -0.25) is 20.0 Å². The zero-order valence-corrected chi connectivity index (χ0v) is 12.6. The van der Waals surface area contributed by atoms with Crippen molar-refractivity contribution >= 4 is 29.2 Å². The molecule has 110 valence electrons. The standard InChI is InChI=1S/C13H14N4O3S/c1-7-8(2)15-16-12(7)14-13(18)10-6-9(21-3)4-5-11(10)17(19)20/h4-6H,1-3H3,(H2,14,15,16,18). The van der Waals surface area contributed by atoms with E-state index in [0.717, 1.165) is 16.2 Å². The smallest absolute Gasteiger partial charge is 0.282 e. The summed E-state index contributed by atoms with van der Waals surface area (Å²) in [6.45, 7) is 3.63. The highest BCUT2D eigenvalue weighted by atomic mass is 32.2. The fraction of sp³-hybridized carbons (Fsp3) is 0.231. The molecule has 2 rings (SSSR count). The van der Waals surface area contributed by atoms with Crippen LogP contribution in [0, 0.1) is 24.0 Å². The first-order valence-corrected chi connectivity index (χ1v) is 7.32. The van der Waals surface area contributed by atoms with E-state index < -0.39 is 10.8 Å². The Balaban J connectivity index is 2.37. The maximum absolute atomic E-state index is 12.3. The summed E-state index contributed by atoms with van der Waals surface area (Å²) < 4.78 is 0. The number of rotatable bonds is 4. The molecule has 0 unspecified atom stereocenters. The number of nitro groups is 1. The van der Waals surface area contributed by atoms with Crippen molar-refractivity contribution in [3.05, 3.63) is 45.1 Å². The number of carbonyl (C=O) groups is 1. The maximum atomic E-state index is 12.3. The largest absolute Gasteiger partial charge is 0.305 e. The third kappa shape index (κ3) is 3.05. The molecule has 1 aromatic heterocycles. The van der Waals surface area contributed by atoms with E-state index in [4.69, 9.17) is 0 Å². The minimum atomic E-state index is -0.568. The zero-order chi connectivity index (χ0) is 15.6. The number of hydrogen-bond donors (Lipinski definition) is 2. The first-order valence-electron chi connectivity index (χ1n) is 6.09. The molecule has 21 heavy (non-hydrogen) atoms. The fourth-order valence-corrected chi connectivity index (χ4v) is 2.20. The van der Waals surface area contributed by atoms with E-state index in [1.807, 2.05) is 13.2 Å². The van der Waals surface area contributed by atoms with Crippen LogP contribution in [0.4, 0.5) is 11.5 Å². The van der Waals surface area contributed by atoms with E-state index in [2.05, 4.69) is 15.5 Å². The number of aromatic nitrogens is 2. The Kier molecular flexibility index (Phi) is 4.27. The fourth-order valence-electron chi connectivity index (χ4n) is 1.76. The zero-order valence-electron chi connectivity index (χ0n) is 11.8. The number of hydrogen-bond acceptors (Lipinski definition) is 5. The number of anilines is 1. The van der Waals surface area contributed by atoms with Gasteiger partial charge in [0.15, 0.2) is 5.82 Å². The lowest BCUT2D eigenvalue weighted by Gasteiger charge is -2.06. The Morgan fingerprint density at radius 3 is 2.67 bits per heavy atom. The molecule has 0 aliphatic rings. The number of carbonyl (C=O) groups excluding carboxylic acids is 1. The lowest BCUT2D eigenvalue weighted by atomic mass is 10.1. The van der Waals surface area contributed by atoms with Crippen molar-refractivity contribution in [1.82, 2.24) is 10.2 Å². The van der Waals surface area contributed by atoms with Gasteiger partial charge >= 0.3 is 0 Å². The predicted octanol–water partition coefficient (Wildman–Crippen LogP) is 2.91. The van der Waals surface area contributed by atoms with E-state index in [1.165, 1.54) is 23.9 Å². The highest BCUT2D eigenvalue weighted by Gasteiger charge is 2.22. The Hall–Kier alpha value is -2.35. The van der Waals surface area contributed by atoms with Crippen molar-refractivity contribution in [2.24, 2.45) is 0 Å². The van der Waals surface area contributed by atoms with Gasteiger partial charge in [0, 0.05) is 22.2 Å². The molecule has 0 saturated heterocycles. The SMILES string of the molecule is CSc1ccc([N+](=O)[O-])c(C(=O)Nc2n[nH]c(C)c2C)c1. The van der Waals surface area contributed by atoms with Gasteiger partial charge < -0.3 is 5.32 Å². The second kappa shape index (κ2) is 5.96. The van der Waals surface area contributed by atoms with E-state index in [0.29, 0.717) is 5.82 Å². The number of nitro benzene ring substituents is 1. The molecule has 7 nitrogen and oxygen atoms in total. The number of aryl methyl sites for hydroxylation is 1. The Morgan fingerprint density at radius 1 is 1.43 bits per heavy atom. The lowest BCUT2D eigenvalue weighted by Crippen LogP contribution is -2.15. The third-order valence-corrected chi connectivity index (χ3v) is 3.86. The molecule has 0 aliphatic heterocycles. The topological polar surface area (TPSA) is 101 Å². The molecular weight excluding hydrogens is 292 g/mol. The van der Waals surface area contributed by atoms with Crippen molar-refractivity contribution in [1.29, 1.82) is 0 Å². The number of nitrogens with zero attached hydrogens (tertiary/aromatic N) is 2. The van der Waals surface area contributed by atoms with Gasteiger partial charge in [-0.05, 0) is 32.2 Å². The van der Waals surface area contributed by atoms with Crippen LogP contribution < -0.4 is 5.32 Å². The molecule has 0 radical (unpaired) electrons. The first-order chi connectivity index (χ1) is 9.93. The number of benzene rings is 1. The van der Waals surface area contributed by atoms with Gasteiger partial charge in [-0.25, -0.2) is 0 Å². The number of thioether (sulfide) groups is 1. The van der Waals surface area contributed by atoms with Crippen molar-refractivity contribution in [2.75, 3.05) is 11.6 Å². The van der Waals surface area contributed by atoms with Gasteiger partial charge in [0.2, 0.25) is 0 Å². The van der Waals surface area contributed by atoms with E-state index in [-0.39, 0.29) is 11.3 Å². The normalized spacial score (nSPS) is 10.4. The van der Waals surface area contributed by atoms with Crippen molar-refractivity contribution in [3.8, 4) is 0 Å². The van der Waals surface area contributed by atoms with E-state index in [9.17, 15) is 14.9 Å². The van der Waals surface area contributed by atoms with Gasteiger partial charge in [-0.15, -0.1) is 11.8 Å². The molecule has 2 aromatic rings. The molecule has 1 amide bonds. The number of nitrogens with one attached hydrogen (secondary N) is 2. The molecule has 0 spiro atoms. The number of H-pyrrole nitrogens is 1. The molecule has 0 saturated carbocycles. The lowest BCUT2D eigenvalue weighted by molar-refractivity contribution is -0.385. The Bertz CT molecular complexity index is 711. The van der Waals surface area contributed by atoms with Crippen LogP contribution in [-0.2, 0) is 0 Å². The summed E-state index contributed by atoms with van der Waals surface area (Å²) >= 11 is 1.41. The molecule has 1 heterocycles. The summed E-state index contributed by atoms with van der Waals surface area (Å²) in [5, 5.41) is 20.4. The average molecular weight is 306 g/mol. The molecule has 0 bridgehead atoms. The van der Waals surface area contributed by atoms with Crippen LogP contribution in [0.3, 0.4) is 0 Å². The van der Waals surface area contributed by atoms with Gasteiger partial charge in [0.25, 0.3) is 11.6 Å². The quantitative estimate of drug-likeness (QED) is 0.514. The van der Waals surface area contributed by atoms with Crippen molar-refractivity contribution in [3.63, 3.8) is 0 Å². The van der Waals surface area contributed by atoms with Gasteiger partial charge in [-0.1, -0.05) is 0 Å². The van der Waals surface area contributed by atoms with Crippen molar-refractivity contribution < 1.29 is 9.72 Å². The summed E-state index contributed by atoms with van der Waals surface area (Å²) in [5.74, 6) is -0.173. The molecule has 0 fully saturated rings. The van der Waals surface area contributed by atoms with Crippen LogP contribution in [0.1, 0.15) is 21.6 Å². The second-order valence-electron chi connectivity index (χ2n) is 4.42. The summed E-state index contributed by atoms with van der Waals surface area (Å²) in [4.78, 5) is 23.5. The van der Waals surface area contributed by atoms with Gasteiger partial charge in [0.1, 0.15) is 5.56 Å². The monoisotopic (exact) mass is 306 g/mol. The van der Waals surface area contributed by atoms with Crippen LogP contribution >= 0.6 is 11.8 Å². The molecule has 1 aromatic carbocycles. The third-order valence-electron chi connectivity index (χ3n) is 3.13. The number of aromatic amines is 1. The average Bonchev–Trinajstić information content (AvgIpc) is 2.78. The molecule has 8 heteroatoms. The number of amides is 1. The summed E-state index contributed by atoms with van der Waals surface area (Å²) in [7, 11) is 0. The highest BCUT2D eigenvalue weighted by molar-refractivity contribution is 7.98. The second-order valence-corrected chi connectivity index (χ2v) is 5.30. The van der Waals surface area contributed by atoms with E-state index >= 15 is 0 Å². The summed E-state index contributed by atoms with van der Waals surface area (Å²) in [6.07, 6.45) is 1.84. The molecular formula is C13H14N4O3S. The van der Waals surface area contributed by atoms with Crippen LogP contribution in [0.15, 0.2) is 23.1 Å². The van der Waals surface area contributed by atoms with Gasteiger partial charge in [0.05, 0.1) is 4.92 Å². The van der Waals surface area contributed by atoms with Crippen LogP contribution in [-0.4, -0.2) is 27.3 Å². The van der Waals surface area contributed by atoms with Crippen molar-refractivity contribution in [2.45, 2.75) is 18.7 Å². The Morgan fingerprint density at radius 2 is 2.14 bits per heavy atom. The molecule has 2 N–H and O–H groups in total.